The van der Waals surface area contributed by atoms with Gasteiger partial charge in [0.05, 0.1) is 16.8 Å². The van der Waals surface area contributed by atoms with Crippen molar-refractivity contribution in [2.75, 3.05) is 5.32 Å². The highest BCUT2D eigenvalue weighted by molar-refractivity contribution is 6.42. The Labute approximate surface area is 138 Å². The van der Waals surface area contributed by atoms with E-state index in [2.05, 4.69) is 10.6 Å². The third-order valence-corrected chi connectivity index (χ3v) is 3.58. The van der Waals surface area contributed by atoms with E-state index in [1.54, 1.807) is 13.0 Å². The average Bonchev–Trinajstić information content (AvgIpc) is 2.50. The van der Waals surface area contributed by atoms with Crippen LogP contribution in [0.2, 0.25) is 10.0 Å². The summed E-state index contributed by atoms with van der Waals surface area (Å²) in [5.41, 5.74) is 1.24. The van der Waals surface area contributed by atoms with Crippen LogP contribution in [0.5, 0.6) is 0 Å². The summed E-state index contributed by atoms with van der Waals surface area (Å²) in [4.78, 5) is 23.8. The Morgan fingerprint density at radius 1 is 1.00 bits per heavy atom. The van der Waals surface area contributed by atoms with Crippen molar-refractivity contribution >= 4 is 40.7 Å². The lowest BCUT2D eigenvalue weighted by Gasteiger charge is -2.14. The van der Waals surface area contributed by atoms with Gasteiger partial charge in [-0.1, -0.05) is 53.5 Å². The molecule has 2 aromatic rings. The minimum atomic E-state index is -0.785. The fourth-order valence-electron chi connectivity index (χ4n) is 1.86. The van der Waals surface area contributed by atoms with Crippen molar-refractivity contribution in [3.63, 3.8) is 0 Å². The van der Waals surface area contributed by atoms with Crippen molar-refractivity contribution < 1.29 is 9.59 Å². The molecule has 0 heterocycles. The van der Waals surface area contributed by atoms with Gasteiger partial charge < -0.3 is 10.6 Å². The first-order chi connectivity index (χ1) is 10.5. The summed E-state index contributed by atoms with van der Waals surface area (Å²) in [6.07, 6.45) is 0. The highest BCUT2D eigenvalue weighted by Gasteiger charge is 2.18. The first-order valence-corrected chi connectivity index (χ1v) is 7.35. The van der Waals surface area contributed by atoms with E-state index in [4.69, 9.17) is 23.2 Å². The Morgan fingerprint density at radius 2 is 1.68 bits per heavy atom. The summed E-state index contributed by atoms with van der Waals surface area (Å²) in [6, 6.07) is 13.7. The van der Waals surface area contributed by atoms with E-state index >= 15 is 0 Å². The number of halogens is 2. The zero-order valence-electron chi connectivity index (χ0n) is 11.8. The number of nitrogens with one attached hydrogen (secondary N) is 2. The number of rotatable bonds is 3. The summed E-state index contributed by atoms with van der Waals surface area (Å²) < 4.78 is 0. The largest absolute Gasteiger partial charge is 0.341 e. The van der Waals surface area contributed by atoms with Crippen molar-refractivity contribution in [1.82, 2.24) is 5.32 Å². The molecule has 0 fully saturated rings. The smallest absolute Gasteiger partial charge is 0.313 e. The van der Waals surface area contributed by atoms with Crippen LogP contribution < -0.4 is 10.6 Å². The Balaban J connectivity index is 1.99. The van der Waals surface area contributed by atoms with Crippen molar-refractivity contribution in [2.45, 2.75) is 13.0 Å². The van der Waals surface area contributed by atoms with E-state index in [-0.39, 0.29) is 11.1 Å². The number of hydrogen-bond acceptors (Lipinski definition) is 2. The maximum absolute atomic E-state index is 11.9. The average molecular weight is 337 g/mol. The molecule has 1 unspecified atom stereocenters. The van der Waals surface area contributed by atoms with Gasteiger partial charge in [-0.25, -0.2) is 0 Å². The van der Waals surface area contributed by atoms with E-state index in [1.807, 2.05) is 30.3 Å². The first-order valence-electron chi connectivity index (χ1n) is 6.59. The summed E-state index contributed by atoms with van der Waals surface area (Å²) in [5, 5.41) is 5.80. The Kier molecular flexibility index (Phi) is 5.41. The second kappa shape index (κ2) is 7.29. The molecule has 1 atom stereocenters. The van der Waals surface area contributed by atoms with Gasteiger partial charge >= 0.3 is 11.8 Å². The van der Waals surface area contributed by atoms with Crippen LogP contribution in [-0.4, -0.2) is 11.8 Å². The third-order valence-electron chi connectivity index (χ3n) is 3.03. The Hall–Kier alpha value is -2.04. The molecule has 0 aliphatic rings. The van der Waals surface area contributed by atoms with Gasteiger partial charge in [-0.05, 0) is 30.7 Å². The predicted molar refractivity (Wildman–Crippen MR) is 88.1 cm³/mol. The number of benzene rings is 2. The van der Waals surface area contributed by atoms with Crippen LogP contribution in [0.1, 0.15) is 18.5 Å². The zero-order chi connectivity index (χ0) is 16.1. The van der Waals surface area contributed by atoms with Crippen LogP contribution in [-0.2, 0) is 9.59 Å². The van der Waals surface area contributed by atoms with Crippen molar-refractivity contribution in [3.8, 4) is 0 Å². The lowest BCUT2D eigenvalue weighted by Crippen LogP contribution is -2.36. The van der Waals surface area contributed by atoms with Crippen LogP contribution in [0.25, 0.3) is 0 Å². The molecule has 0 aliphatic carbocycles. The summed E-state index contributed by atoms with van der Waals surface area (Å²) in [6.45, 7) is 1.80. The highest BCUT2D eigenvalue weighted by atomic mass is 35.5. The zero-order valence-corrected chi connectivity index (χ0v) is 13.3. The lowest BCUT2D eigenvalue weighted by molar-refractivity contribution is -0.136. The maximum atomic E-state index is 11.9. The first kappa shape index (κ1) is 16.3. The molecule has 0 radical (unpaired) electrons. The fourth-order valence-corrected chi connectivity index (χ4v) is 2.31. The monoisotopic (exact) mass is 336 g/mol. The van der Waals surface area contributed by atoms with E-state index in [9.17, 15) is 9.59 Å². The number of anilines is 1. The summed E-state index contributed by atoms with van der Waals surface area (Å²) in [5.74, 6) is -1.52. The van der Waals surface area contributed by atoms with Gasteiger partial charge in [0.1, 0.15) is 0 Å². The molecule has 0 saturated heterocycles. The van der Waals surface area contributed by atoms with Crippen molar-refractivity contribution in [3.05, 3.63) is 64.1 Å². The standard InChI is InChI=1S/C16H14Cl2N2O2/c1-10(11-5-3-2-4-6-11)19-15(21)16(22)20-14-8-7-12(17)9-13(14)18/h2-10H,1H3,(H,19,21)(H,20,22). The molecular weight excluding hydrogens is 323 g/mol. The van der Waals surface area contributed by atoms with Gasteiger partial charge in [0.2, 0.25) is 0 Å². The molecule has 2 rings (SSSR count). The normalized spacial score (nSPS) is 11.6. The minimum absolute atomic E-state index is 0.268. The molecular formula is C16H14Cl2N2O2. The molecule has 0 aliphatic heterocycles. The molecule has 22 heavy (non-hydrogen) atoms. The van der Waals surface area contributed by atoms with E-state index < -0.39 is 11.8 Å². The van der Waals surface area contributed by atoms with Crippen LogP contribution in [0, 0.1) is 0 Å². The number of carbonyl (C=O) groups is 2. The Bertz CT molecular complexity index is 690. The molecule has 2 amide bonds. The van der Waals surface area contributed by atoms with Gasteiger partial charge in [-0.2, -0.15) is 0 Å². The van der Waals surface area contributed by atoms with Crippen LogP contribution >= 0.6 is 23.2 Å². The number of amides is 2. The molecule has 6 heteroatoms. The van der Waals surface area contributed by atoms with Gasteiger partial charge in [0.15, 0.2) is 0 Å². The molecule has 0 saturated carbocycles. The quantitative estimate of drug-likeness (QED) is 0.837. The van der Waals surface area contributed by atoms with Gasteiger partial charge in [0.25, 0.3) is 0 Å². The van der Waals surface area contributed by atoms with Crippen LogP contribution in [0.4, 0.5) is 5.69 Å². The highest BCUT2D eigenvalue weighted by Crippen LogP contribution is 2.25. The molecule has 0 aromatic heterocycles. The molecule has 0 spiro atoms. The van der Waals surface area contributed by atoms with Gasteiger partial charge in [0, 0.05) is 5.02 Å². The van der Waals surface area contributed by atoms with E-state index in [0.29, 0.717) is 10.7 Å². The molecule has 2 N–H and O–H groups in total. The van der Waals surface area contributed by atoms with Crippen molar-refractivity contribution in [2.24, 2.45) is 0 Å². The van der Waals surface area contributed by atoms with Gasteiger partial charge in [-0.3, -0.25) is 9.59 Å². The SMILES string of the molecule is CC(NC(=O)C(=O)Nc1ccc(Cl)cc1Cl)c1ccccc1. The lowest BCUT2D eigenvalue weighted by atomic mass is 10.1. The topological polar surface area (TPSA) is 58.2 Å². The van der Waals surface area contributed by atoms with Gasteiger partial charge in [-0.15, -0.1) is 0 Å². The molecule has 2 aromatic carbocycles. The molecule has 0 bridgehead atoms. The summed E-state index contributed by atoms with van der Waals surface area (Å²) >= 11 is 11.7. The fraction of sp³-hybridized carbons (Fsp3) is 0.125. The predicted octanol–water partition coefficient (Wildman–Crippen LogP) is 3.81. The molecule has 114 valence electrons. The number of carbonyl (C=O) groups excluding carboxylic acids is 2. The minimum Gasteiger partial charge on any atom is -0.341 e. The second-order valence-corrected chi connectivity index (χ2v) is 5.53. The summed E-state index contributed by atoms with van der Waals surface area (Å²) in [7, 11) is 0. The second-order valence-electron chi connectivity index (χ2n) is 4.68. The third kappa shape index (κ3) is 4.23. The van der Waals surface area contributed by atoms with E-state index in [0.717, 1.165) is 5.56 Å². The van der Waals surface area contributed by atoms with Crippen molar-refractivity contribution in [1.29, 1.82) is 0 Å². The number of hydrogen-bond donors (Lipinski definition) is 2. The molecule has 4 nitrogen and oxygen atoms in total. The van der Waals surface area contributed by atoms with Crippen LogP contribution in [0.3, 0.4) is 0 Å². The Morgan fingerprint density at radius 3 is 2.32 bits per heavy atom. The van der Waals surface area contributed by atoms with Crippen LogP contribution in [0.15, 0.2) is 48.5 Å². The van der Waals surface area contributed by atoms with E-state index in [1.165, 1.54) is 12.1 Å². The maximum Gasteiger partial charge on any atom is 0.313 e.